The number of furan rings is 1. The second-order valence-corrected chi connectivity index (χ2v) is 5.54. The van der Waals surface area contributed by atoms with E-state index in [2.05, 4.69) is 21.9 Å². The van der Waals surface area contributed by atoms with Crippen molar-refractivity contribution in [3.05, 3.63) is 43.1 Å². The van der Waals surface area contributed by atoms with Crippen LogP contribution >= 0.6 is 0 Å². The van der Waals surface area contributed by atoms with E-state index in [1.165, 1.54) is 6.33 Å². The van der Waals surface area contributed by atoms with Crippen molar-refractivity contribution in [2.24, 2.45) is 0 Å². The van der Waals surface area contributed by atoms with Crippen molar-refractivity contribution < 1.29 is 9.21 Å². The van der Waals surface area contributed by atoms with Gasteiger partial charge in [-0.15, -0.1) is 0 Å². The van der Waals surface area contributed by atoms with Gasteiger partial charge in [0.1, 0.15) is 11.9 Å². The van der Waals surface area contributed by atoms with Gasteiger partial charge < -0.3 is 14.6 Å². The van der Waals surface area contributed by atoms with Crippen LogP contribution in [0.2, 0.25) is 0 Å². The molecule has 0 radical (unpaired) electrons. The first-order valence-corrected chi connectivity index (χ1v) is 7.56. The Balaban J connectivity index is 1.82. The van der Waals surface area contributed by atoms with Crippen molar-refractivity contribution in [1.82, 2.24) is 20.2 Å². The third-order valence-electron chi connectivity index (χ3n) is 4.17. The van der Waals surface area contributed by atoms with Gasteiger partial charge >= 0.3 is 0 Å². The van der Waals surface area contributed by atoms with Gasteiger partial charge in [0, 0.05) is 31.6 Å². The first-order valence-electron chi connectivity index (χ1n) is 7.56. The van der Waals surface area contributed by atoms with Gasteiger partial charge in [0.2, 0.25) is 0 Å². The van der Waals surface area contributed by atoms with Gasteiger partial charge in [0.25, 0.3) is 5.91 Å². The van der Waals surface area contributed by atoms with Crippen LogP contribution in [0, 0.1) is 0 Å². The summed E-state index contributed by atoms with van der Waals surface area (Å²) in [5.41, 5.74) is 2.35. The van der Waals surface area contributed by atoms with Crippen LogP contribution < -0.4 is 5.32 Å². The molecule has 23 heavy (non-hydrogen) atoms. The van der Waals surface area contributed by atoms with E-state index in [9.17, 15) is 4.79 Å². The number of hydrogen-bond acceptors (Lipinski definition) is 5. The predicted octanol–water partition coefficient (Wildman–Crippen LogP) is 1.82. The number of benzene rings is 1. The summed E-state index contributed by atoms with van der Waals surface area (Å²) in [7, 11) is 0. The number of fused-ring (bicyclic) bond motifs is 3. The van der Waals surface area contributed by atoms with Crippen molar-refractivity contribution in [3.63, 3.8) is 0 Å². The highest BCUT2D eigenvalue weighted by Crippen LogP contribution is 2.30. The van der Waals surface area contributed by atoms with Crippen LogP contribution in [0.5, 0.6) is 0 Å². The first kappa shape index (κ1) is 13.9. The molecule has 0 atom stereocenters. The Kier molecular flexibility index (Phi) is 3.31. The van der Waals surface area contributed by atoms with Crippen molar-refractivity contribution in [3.8, 4) is 0 Å². The highest BCUT2D eigenvalue weighted by molar-refractivity contribution is 6.23. The maximum Gasteiger partial charge on any atom is 0.255 e. The largest absolute Gasteiger partial charge is 0.464 e. The zero-order valence-electron chi connectivity index (χ0n) is 12.6. The lowest BCUT2D eigenvalue weighted by Crippen LogP contribution is -2.46. The normalized spacial score (nSPS) is 15.2. The summed E-state index contributed by atoms with van der Waals surface area (Å²) >= 11 is 0. The van der Waals surface area contributed by atoms with Gasteiger partial charge in [-0.1, -0.05) is 6.58 Å². The lowest BCUT2D eigenvalue weighted by molar-refractivity contribution is -0.125. The smallest absolute Gasteiger partial charge is 0.255 e. The number of rotatable bonds is 2. The first-order chi connectivity index (χ1) is 11.3. The fraction of sp³-hybridized carbons (Fsp3) is 0.235. The molecule has 0 unspecified atom stereocenters. The summed E-state index contributed by atoms with van der Waals surface area (Å²) < 4.78 is 5.59. The van der Waals surface area contributed by atoms with E-state index in [1.807, 2.05) is 18.2 Å². The maximum atomic E-state index is 12.7. The number of amides is 1. The Morgan fingerprint density at radius 3 is 2.87 bits per heavy atom. The second-order valence-electron chi connectivity index (χ2n) is 5.54. The van der Waals surface area contributed by atoms with Crippen molar-refractivity contribution >= 4 is 33.4 Å². The molecule has 1 N–H and O–H groups in total. The van der Waals surface area contributed by atoms with Gasteiger partial charge in [-0.05, 0) is 18.2 Å². The maximum absolute atomic E-state index is 12.7. The quantitative estimate of drug-likeness (QED) is 0.731. The Morgan fingerprint density at radius 1 is 1.22 bits per heavy atom. The molecule has 1 aliphatic heterocycles. The van der Waals surface area contributed by atoms with Crippen LogP contribution in [-0.4, -0.2) is 47.0 Å². The van der Waals surface area contributed by atoms with Crippen LogP contribution in [0.4, 0.5) is 0 Å². The Morgan fingerprint density at radius 2 is 2.04 bits per heavy atom. The minimum Gasteiger partial charge on any atom is -0.464 e. The number of aromatic nitrogens is 2. The van der Waals surface area contributed by atoms with Crippen LogP contribution in [-0.2, 0) is 4.79 Å². The minimum absolute atomic E-state index is 0.0879. The summed E-state index contributed by atoms with van der Waals surface area (Å²) in [5, 5.41) is 4.93. The van der Waals surface area contributed by atoms with Crippen molar-refractivity contribution in [2.45, 2.75) is 0 Å². The Hall–Kier alpha value is -2.73. The van der Waals surface area contributed by atoms with E-state index in [-0.39, 0.29) is 5.91 Å². The zero-order chi connectivity index (χ0) is 15.8. The molecule has 1 amide bonds. The summed E-state index contributed by atoms with van der Waals surface area (Å²) in [6.07, 6.45) is 3.09. The van der Waals surface area contributed by atoms with Crippen LogP contribution in [0.3, 0.4) is 0 Å². The Labute approximate surface area is 132 Å². The molecule has 4 rings (SSSR count). The Bertz CT molecular complexity index is 909. The molecule has 0 bridgehead atoms. The molecule has 1 saturated heterocycles. The number of piperazine rings is 1. The van der Waals surface area contributed by atoms with Gasteiger partial charge in [-0.3, -0.25) is 4.79 Å². The van der Waals surface area contributed by atoms with Crippen LogP contribution in [0.15, 0.2) is 41.8 Å². The molecule has 0 saturated carbocycles. The lowest BCUT2D eigenvalue weighted by atomic mass is 10.0. The fourth-order valence-electron chi connectivity index (χ4n) is 2.96. The predicted molar refractivity (Wildman–Crippen MR) is 87.8 cm³/mol. The molecular formula is C17H16N4O2. The topological polar surface area (TPSA) is 71.3 Å². The number of carbonyl (C=O) groups is 1. The van der Waals surface area contributed by atoms with E-state index in [0.29, 0.717) is 29.9 Å². The number of hydrogen-bond donors (Lipinski definition) is 1. The van der Waals surface area contributed by atoms with E-state index in [0.717, 1.165) is 29.4 Å². The third kappa shape index (κ3) is 2.27. The van der Waals surface area contributed by atoms with E-state index < -0.39 is 0 Å². The average molecular weight is 308 g/mol. The molecule has 2 aromatic heterocycles. The number of nitrogens with one attached hydrogen (secondary N) is 1. The highest BCUT2D eigenvalue weighted by atomic mass is 16.3. The minimum atomic E-state index is -0.0879. The summed E-state index contributed by atoms with van der Waals surface area (Å²) in [6, 6.07) is 5.73. The standard InChI is InChI=1S/C17H16N4O2/c1-11(17(22)21-7-5-18-6-8-21)15-14-13(19-10-20-15)3-2-12-4-9-23-16(12)14/h2-4,9-10,18H,1,5-8H2. The summed E-state index contributed by atoms with van der Waals surface area (Å²) in [6.45, 7) is 6.95. The molecule has 0 spiro atoms. The average Bonchev–Trinajstić information content (AvgIpc) is 3.09. The van der Waals surface area contributed by atoms with E-state index in [1.54, 1.807) is 11.2 Å². The summed E-state index contributed by atoms with van der Waals surface area (Å²) in [4.78, 5) is 23.1. The van der Waals surface area contributed by atoms with E-state index in [4.69, 9.17) is 4.42 Å². The van der Waals surface area contributed by atoms with Crippen LogP contribution in [0.1, 0.15) is 5.69 Å². The fourth-order valence-corrected chi connectivity index (χ4v) is 2.96. The number of carbonyl (C=O) groups excluding carboxylic acids is 1. The third-order valence-corrected chi connectivity index (χ3v) is 4.17. The molecule has 3 heterocycles. The molecule has 1 aliphatic rings. The molecular weight excluding hydrogens is 292 g/mol. The zero-order valence-corrected chi connectivity index (χ0v) is 12.6. The lowest BCUT2D eigenvalue weighted by Gasteiger charge is -2.28. The van der Waals surface area contributed by atoms with Crippen molar-refractivity contribution in [2.75, 3.05) is 26.2 Å². The van der Waals surface area contributed by atoms with Gasteiger partial charge in [0.15, 0.2) is 0 Å². The highest BCUT2D eigenvalue weighted by Gasteiger charge is 2.23. The molecule has 1 aromatic carbocycles. The molecule has 6 heteroatoms. The van der Waals surface area contributed by atoms with Crippen molar-refractivity contribution in [1.29, 1.82) is 0 Å². The second kappa shape index (κ2) is 5.48. The monoisotopic (exact) mass is 308 g/mol. The molecule has 3 aromatic rings. The SMILES string of the molecule is C=C(C(=O)N1CCNCC1)c1ncnc2ccc3ccoc3c12. The summed E-state index contributed by atoms with van der Waals surface area (Å²) in [5.74, 6) is -0.0879. The molecule has 0 aliphatic carbocycles. The molecule has 116 valence electrons. The molecule has 6 nitrogen and oxygen atoms in total. The van der Waals surface area contributed by atoms with E-state index >= 15 is 0 Å². The number of nitrogens with zero attached hydrogens (tertiary/aromatic N) is 3. The van der Waals surface area contributed by atoms with Crippen LogP contribution in [0.25, 0.3) is 27.4 Å². The van der Waals surface area contributed by atoms with Gasteiger partial charge in [0.05, 0.1) is 28.4 Å². The van der Waals surface area contributed by atoms with Gasteiger partial charge in [-0.2, -0.15) is 0 Å². The molecule has 1 fully saturated rings. The van der Waals surface area contributed by atoms with Gasteiger partial charge in [-0.25, -0.2) is 9.97 Å².